The molecule has 2 aliphatic heterocycles. The predicted octanol–water partition coefficient (Wildman–Crippen LogP) is 1.21. The third-order valence-electron chi connectivity index (χ3n) is 3.64. The molecule has 2 aliphatic rings. The fraction of sp³-hybridized carbons (Fsp3) is 0.462. The Balaban J connectivity index is 1.77. The van der Waals surface area contributed by atoms with Crippen molar-refractivity contribution in [1.29, 1.82) is 5.26 Å². The number of nitrogens with zero attached hydrogens (tertiary/aromatic N) is 1. The number of hydrogen-bond acceptors (Lipinski definition) is 4. The van der Waals surface area contributed by atoms with Gasteiger partial charge in [0.25, 0.3) is 0 Å². The van der Waals surface area contributed by atoms with Gasteiger partial charge in [0.05, 0.1) is 11.7 Å². The lowest BCUT2D eigenvalue weighted by Gasteiger charge is -2.17. The van der Waals surface area contributed by atoms with Crippen molar-refractivity contribution in [1.82, 2.24) is 5.32 Å². The van der Waals surface area contributed by atoms with Crippen LogP contribution in [0.4, 0.5) is 4.39 Å². The SMILES string of the molecule is C[C@@H]1O[C@]12CNC[C@@H]2Oc1ccc(C#N)c(F)c1. The van der Waals surface area contributed by atoms with E-state index in [4.69, 9.17) is 14.7 Å². The monoisotopic (exact) mass is 248 g/mol. The molecular weight excluding hydrogens is 235 g/mol. The van der Waals surface area contributed by atoms with Crippen LogP contribution in [0.3, 0.4) is 0 Å². The standard InChI is InChI=1S/C13H13FN2O2/c1-8-13(18-8)7-16-6-12(13)17-10-3-2-9(5-15)11(14)4-10/h2-4,8,12,16H,6-7H2,1H3/t8-,12-,13+/m0/s1. The highest BCUT2D eigenvalue weighted by atomic mass is 19.1. The van der Waals surface area contributed by atoms with Gasteiger partial charge in [0.1, 0.15) is 29.3 Å². The van der Waals surface area contributed by atoms with Crippen molar-refractivity contribution < 1.29 is 13.9 Å². The number of nitrogens with one attached hydrogen (secondary N) is 1. The first-order valence-electron chi connectivity index (χ1n) is 5.90. The summed E-state index contributed by atoms with van der Waals surface area (Å²) in [4.78, 5) is 0. The van der Waals surface area contributed by atoms with Crippen molar-refractivity contribution in [3.8, 4) is 11.8 Å². The molecule has 0 aliphatic carbocycles. The summed E-state index contributed by atoms with van der Waals surface area (Å²) in [5, 5.41) is 11.9. The van der Waals surface area contributed by atoms with E-state index in [9.17, 15) is 4.39 Å². The lowest BCUT2D eigenvalue weighted by molar-refractivity contribution is 0.135. The van der Waals surface area contributed by atoms with Crippen LogP contribution in [0.15, 0.2) is 18.2 Å². The van der Waals surface area contributed by atoms with E-state index in [0.29, 0.717) is 12.3 Å². The fourth-order valence-electron chi connectivity index (χ4n) is 2.47. The largest absolute Gasteiger partial charge is 0.486 e. The van der Waals surface area contributed by atoms with Crippen molar-refractivity contribution in [3.05, 3.63) is 29.6 Å². The summed E-state index contributed by atoms with van der Waals surface area (Å²) in [6.07, 6.45) is 0.0561. The molecule has 2 saturated heterocycles. The molecule has 3 rings (SSSR count). The first-order valence-corrected chi connectivity index (χ1v) is 5.90. The van der Waals surface area contributed by atoms with E-state index < -0.39 is 5.82 Å². The molecular formula is C13H13FN2O2. The van der Waals surface area contributed by atoms with Gasteiger partial charge in [0.15, 0.2) is 0 Å². The van der Waals surface area contributed by atoms with E-state index in [-0.39, 0.29) is 23.4 Å². The Morgan fingerprint density at radius 1 is 1.61 bits per heavy atom. The highest BCUT2D eigenvalue weighted by Gasteiger charge is 2.62. The summed E-state index contributed by atoms with van der Waals surface area (Å²) in [6.45, 7) is 3.45. The number of ether oxygens (including phenoxy) is 2. The van der Waals surface area contributed by atoms with E-state index in [0.717, 1.165) is 6.54 Å². The lowest BCUT2D eigenvalue weighted by atomic mass is 10.0. The van der Waals surface area contributed by atoms with Gasteiger partial charge in [-0.2, -0.15) is 5.26 Å². The van der Waals surface area contributed by atoms with Crippen molar-refractivity contribution in [2.24, 2.45) is 0 Å². The van der Waals surface area contributed by atoms with Crippen molar-refractivity contribution >= 4 is 0 Å². The number of nitriles is 1. The molecule has 1 aromatic rings. The molecule has 0 saturated carbocycles. The summed E-state index contributed by atoms with van der Waals surface area (Å²) in [5.41, 5.74) is -0.234. The maximum absolute atomic E-state index is 13.5. The minimum Gasteiger partial charge on any atom is -0.486 e. The Bertz CT molecular complexity index is 528. The van der Waals surface area contributed by atoms with Crippen LogP contribution in [0.5, 0.6) is 5.75 Å². The van der Waals surface area contributed by atoms with Gasteiger partial charge < -0.3 is 14.8 Å². The molecule has 0 aromatic heterocycles. The maximum atomic E-state index is 13.5. The minimum atomic E-state index is -0.556. The zero-order valence-electron chi connectivity index (χ0n) is 9.94. The quantitative estimate of drug-likeness (QED) is 0.799. The van der Waals surface area contributed by atoms with Crippen LogP contribution in [0.1, 0.15) is 12.5 Å². The number of hydrogen-bond donors (Lipinski definition) is 1. The van der Waals surface area contributed by atoms with Gasteiger partial charge in [-0.3, -0.25) is 0 Å². The van der Waals surface area contributed by atoms with Gasteiger partial charge in [0.2, 0.25) is 0 Å². The van der Waals surface area contributed by atoms with E-state index in [1.165, 1.54) is 12.1 Å². The van der Waals surface area contributed by atoms with Crippen LogP contribution in [0.2, 0.25) is 0 Å². The van der Waals surface area contributed by atoms with Gasteiger partial charge in [0, 0.05) is 19.2 Å². The summed E-state index contributed by atoms with van der Waals surface area (Å²) >= 11 is 0. The first kappa shape index (κ1) is 11.5. The third kappa shape index (κ3) is 1.65. The molecule has 2 fully saturated rings. The second-order valence-electron chi connectivity index (χ2n) is 4.71. The summed E-state index contributed by atoms with van der Waals surface area (Å²) in [5.74, 6) is -0.123. The molecule has 0 bridgehead atoms. The van der Waals surface area contributed by atoms with Gasteiger partial charge in [-0.1, -0.05) is 0 Å². The average Bonchev–Trinajstić information content (AvgIpc) is 2.81. The molecule has 1 N–H and O–H groups in total. The van der Waals surface area contributed by atoms with Gasteiger partial charge in [-0.25, -0.2) is 4.39 Å². The number of benzene rings is 1. The Labute approximate surface area is 104 Å². The van der Waals surface area contributed by atoms with Gasteiger partial charge in [-0.15, -0.1) is 0 Å². The molecule has 5 heteroatoms. The molecule has 3 atom stereocenters. The molecule has 1 aromatic carbocycles. The Kier molecular flexibility index (Phi) is 2.51. The van der Waals surface area contributed by atoms with Gasteiger partial charge >= 0.3 is 0 Å². The first-order chi connectivity index (χ1) is 8.65. The Morgan fingerprint density at radius 2 is 2.39 bits per heavy atom. The van der Waals surface area contributed by atoms with Crippen LogP contribution in [-0.2, 0) is 4.74 Å². The molecule has 4 nitrogen and oxygen atoms in total. The average molecular weight is 248 g/mol. The molecule has 1 spiro atoms. The molecule has 2 heterocycles. The summed E-state index contributed by atoms with van der Waals surface area (Å²) in [6, 6.07) is 6.07. The molecule has 18 heavy (non-hydrogen) atoms. The fourth-order valence-corrected chi connectivity index (χ4v) is 2.47. The van der Waals surface area contributed by atoms with E-state index in [1.807, 2.05) is 6.92 Å². The molecule has 0 radical (unpaired) electrons. The zero-order chi connectivity index (χ0) is 12.8. The smallest absolute Gasteiger partial charge is 0.145 e. The molecule has 94 valence electrons. The maximum Gasteiger partial charge on any atom is 0.145 e. The topological polar surface area (TPSA) is 57.6 Å². The molecule has 0 unspecified atom stereocenters. The minimum absolute atomic E-state index is 0.0256. The Hall–Kier alpha value is -1.64. The van der Waals surface area contributed by atoms with Gasteiger partial charge in [-0.05, 0) is 19.1 Å². The van der Waals surface area contributed by atoms with Crippen LogP contribution in [-0.4, -0.2) is 30.9 Å². The second kappa shape index (κ2) is 3.94. The molecule has 0 amide bonds. The third-order valence-corrected chi connectivity index (χ3v) is 3.64. The van der Waals surface area contributed by atoms with Crippen molar-refractivity contribution in [3.63, 3.8) is 0 Å². The summed E-state index contributed by atoms with van der Waals surface area (Å²) < 4.78 is 24.8. The highest BCUT2D eigenvalue weighted by molar-refractivity contribution is 5.36. The van der Waals surface area contributed by atoms with Crippen LogP contribution >= 0.6 is 0 Å². The van der Waals surface area contributed by atoms with Crippen LogP contribution in [0, 0.1) is 17.1 Å². The lowest BCUT2D eigenvalue weighted by Crippen LogP contribution is -2.35. The summed E-state index contributed by atoms with van der Waals surface area (Å²) in [7, 11) is 0. The van der Waals surface area contributed by atoms with Crippen molar-refractivity contribution in [2.75, 3.05) is 13.1 Å². The van der Waals surface area contributed by atoms with Crippen LogP contribution < -0.4 is 10.1 Å². The number of rotatable bonds is 2. The van der Waals surface area contributed by atoms with E-state index in [2.05, 4.69) is 5.32 Å². The van der Waals surface area contributed by atoms with Crippen molar-refractivity contribution in [2.45, 2.75) is 24.7 Å². The normalized spacial score (nSPS) is 33.4. The number of epoxide rings is 1. The number of halogens is 1. The van der Waals surface area contributed by atoms with E-state index in [1.54, 1.807) is 12.1 Å². The second-order valence-corrected chi connectivity index (χ2v) is 4.71. The van der Waals surface area contributed by atoms with Crippen LogP contribution in [0.25, 0.3) is 0 Å². The Morgan fingerprint density at radius 3 is 3.00 bits per heavy atom. The zero-order valence-corrected chi connectivity index (χ0v) is 9.94. The highest BCUT2D eigenvalue weighted by Crippen LogP contribution is 2.43. The van der Waals surface area contributed by atoms with E-state index >= 15 is 0 Å². The predicted molar refractivity (Wildman–Crippen MR) is 61.7 cm³/mol.